The molecule has 8 rings (SSSR count). The summed E-state index contributed by atoms with van der Waals surface area (Å²) in [6.45, 7) is 0. The van der Waals surface area contributed by atoms with E-state index < -0.39 is 23.1 Å². The molecule has 0 bridgehead atoms. The van der Waals surface area contributed by atoms with Crippen molar-refractivity contribution in [3.05, 3.63) is 194 Å². The average Bonchev–Trinajstić information content (AvgIpc) is 3.16. The van der Waals surface area contributed by atoms with Gasteiger partial charge < -0.3 is 17.3 Å². The largest absolute Gasteiger partial charge is 0.673 e. The number of rotatable bonds is 7. The Labute approximate surface area is 316 Å². The van der Waals surface area contributed by atoms with Gasteiger partial charge in [-0.15, -0.1) is 0 Å². The maximum atomic E-state index is 9.75. The van der Waals surface area contributed by atoms with Gasteiger partial charge >= 0.3 is 7.25 Å². The minimum atomic E-state index is -6.00. The summed E-state index contributed by atoms with van der Waals surface area (Å²) in [6.07, 6.45) is 0. The molecule has 0 aliphatic heterocycles. The van der Waals surface area contributed by atoms with Crippen molar-refractivity contribution in [1.29, 1.82) is 0 Å². The van der Waals surface area contributed by atoms with Crippen molar-refractivity contribution >= 4 is 76.5 Å². The van der Waals surface area contributed by atoms with Gasteiger partial charge in [0.1, 0.15) is 0 Å². The molecule has 0 aliphatic carbocycles. The summed E-state index contributed by atoms with van der Waals surface area (Å²) in [5.74, 6) is 0. The predicted octanol–water partition coefficient (Wildman–Crippen LogP) is 10.5. The third kappa shape index (κ3) is 8.43. The first-order valence-corrected chi connectivity index (χ1v) is 19.3. The summed E-state index contributed by atoms with van der Waals surface area (Å²) in [7, 11) is -7.70. The summed E-state index contributed by atoms with van der Waals surface area (Å²) in [4.78, 5) is 0. The molecule has 8 heteroatoms. The van der Waals surface area contributed by atoms with Gasteiger partial charge in [-0.25, -0.2) is 0 Å². The van der Waals surface area contributed by atoms with Crippen LogP contribution in [0.3, 0.4) is 0 Å². The first-order chi connectivity index (χ1) is 24.9. The Balaban J connectivity index is 0.000000726. The van der Waals surface area contributed by atoms with E-state index in [9.17, 15) is 17.3 Å². The molecule has 0 saturated carbocycles. The van der Waals surface area contributed by atoms with Crippen LogP contribution in [0, 0.1) is 0 Å². The van der Waals surface area contributed by atoms with E-state index in [4.69, 9.17) is 0 Å². The summed E-state index contributed by atoms with van der Waals surface area (Å²) in [5, 5.41) is 13.3. The Morgan fingerprint density at radius 3 is 0.846 bits per heavy atom. The van der Waals surface area contributed by atoms with Gasteiger partial charge in [-0.2, -0.15) is 0 Å². The van der Waals surface area contributed by atoms with E-state index in [1.165, 1.54) is 64.5 Å². The monoisotopic (exact) mass is 812 g/mol. The van der Waals surface area contributed by atoms with Crippen molar-refractivity contribution in [3.8, 4) is 11.1 Å². The minimum Gasteiger partial charge on any atom is -0.418 e. The second-order valence-electron chi connectivity index (χ2n) is 11.9. The van der Waals surface area contributed by atoms with Crippen LogP contribution < -0.4 is 31.8 Å². The Morgan fingerprint density at radius 2 is 0.558 bits per heavy atom. The quantitative estimate of drug-likeness (QED) is 0.0855. The van der Waals surface area contributed by atoms with Gasteiger partial charge in [0.25, 0.3) is 0 Å². The van der Waals surface area contributed by atoms with Crippen molar-refractivity contribution < 1.29 is 36.7 Å². The topological polar surface area (TPSA) is 0 Å². The molecular formula is C44H32BF4P2Rh-. The minimum absolute atomic E-state index is 0. The molecule has 52 heavy (non-hydrogen) atoms. The first kappa shape index (κ1) is 37.3. The molecule has 0 saturated heterocycles. The maximum Gasteiger partial charge on any atom is 0.673 e. The number of hydrogen-bond acceptors (Lipinski definition) is 0. The van der Waals surface area contributed by atoms with Gasteiger partial charge in [0.2, 0.25) is 0 Å². The number of hydrogen-bond donors (Lipinski definition) is 0. The van der Waals surface area contributed by atoms with Crippen LogP contribution >= 0.6 is 15.8 Å². The molecular weight excluding hydrogens is 780 g/mol. The maximum absolute atomic E-state index is 9.75. The summed E-state index contributed by atoms with van der Waals surface area (Å²) >= 11 is 0. The zero-order valence-electron chi connectivity index (χ0n) is 27.8. The molecule has 0 nitrogen and oxygen atoms in total. The Bertz CT molecular complexity index is 2130. The van der Waals surface area contributed by atoms with E-state index in [0.717, 1.165) is 0 Å². The van der Waals surface area contributed by atoms with Crippen LogP contribution in [-0.2, 0) is 19.5 Å². The van der Waals surface area contributed by atoms with Gasteiger partial charge in [-0.1, -0.05) is 194 Å². The zero-order valence-corrected chi connectivity index (χ0v) is 31.2. The molecule has 8 aromatic rings. The molecule has 1 radical (unpaired) electrons. The molecule has 0 N–H and O–H groups in total. The standard InChI is InChI=1S/C44H32P2.BF4.Rh/c1-5-19-35(20-6-1)45(36-21-7-2-8-22-36)41-31-29-33-17-13-15-27-39(33)43(41)44-40-28-16-14-18-34(40)30-32-42(44)46(37-23-9-3-10-24-37)38-25-11-4-12-26-38;2-1(3,4)5;/h1-32H;;/q;-1;. The van der Waals surface area contributed by atoms with Crippen molar-refractivity contribution in [3.63, 3.8) is 0 Å². The van der Waals surface area contributed by atoms with Crippen LogP contribution in [0.2, 0.25) is 0 Å². The van der Waals surface area contributed by atoms with Crippen LogP contribution in [0.15, 0.2) is 194 Å². The van der Waals surface area contributed by atoms with E-state index in [1.807, 2.05) is 0 Å². The smallest absolute Gasteiger partial charge is 0.418 e. The molecule has 259 valence electrons. The van der Waals surface area contributed by atoms with Crippen molar-refractivity contribution in [2.75, 3.05) is 0 Å². The SMILES string of the molecule is F[B-](F)(F)F.[Rh].c1ccc(P(c2ccccc2)c2ccc3ccccc3c2-c2c(P(c3ccccc3)c3ccccc3)ccc3ccccc23)cc1. The Kier molecular flexibility index (Phi) is 12.1. The third-order valence-electron chi connectivity index (χ3n) is 8.60. The van der Waals surface area contributed by atoms with Gasteiger partial charge in [0, 0.05) is 19.5 Å². The second kappa shape index (κ2) is 16.9. The van der Waals surface area contributed by atoms with Crippen LogP contribution in [0.4, 0.5) is 17.3 Å². The average molecular weight is 812 g/mol. The molecule has 0 atom stereocenters. The van der Waals surface area contributed by atoms with E-state index >= 15 is 0 Å². The first-order valence-electron chi connectivity index (χ1n) is 16.6. The normalized spacial score (nSPS) is 11.3. The number of fused-ring (bicyclic) bond motifs is 2. The van der Waals surface area contributed by atoms with E-state index in [1.54, 1.807) is 0 Å². The number of halogens is 4. The molecule has 8 aromatic carbocycles. The van der Waals surface area contributed by atoms with Gasteiger partial charge in [0.05, 0.1) is 0 Å². The van der Waals surface area contributed by atoms with Crippen molar-refractivity contribution in [2.24, 2.45) is 0 Å². The molecule has 0 fully saturated rings. The van der Waals surface area contributed by atoms with Gasteiger partial charge in [-0.05, 0) is 80.3 Å². The fraction of sp³-hybridized carbons (Fsp3) is 0. The number of benzene rings is 8. The van der Waals surface area contributed by atoms with E-state index in [-0.39, 0.29) is 19.5 Å². The zero-order chi connectivity index (χ0) is 35.2. The fourth-order valence-corrected chi connectivity index (χ4v) is 11.5. The van der Waals surface area contributed by atoms with Crippen LogP contribution in [0.5, 0.6) is 0 Å². The molecule has 0 heterocycles. The summed E-state index contributed by atoms with van der Waals surface area (Å²) in [6, 6.07) is 71.8. The molecule has 0 unspecified atom stereocenters. The van der Waals surface area contributed by atoms with Gasteiger partial charge in [-0.3, -0.25) is 0 Å². The molecule has 0 aromatic heterocycles. The van der Waals surface area contributed by atoms with Crippen LogP contribution in [0.1, 0.15) is 0 Å². The third-order valence-corrected chi connectivity index (χ3v) is 13.6. The van der Waals surface area contributed by atoms with E-state index in [2.05, 4.69) is 194 Å². The molecule has 0 amide bonds. The molecule has 0 aliphatic rings. The van der Waals surface area contributed by atoms with Crippen molar-refractivity contribution in [2.45, 2.75) is 0 Å². The Hall–Kier alpha value is -4.45. The Morgan fingerprint density at radius 1 is 0.308 bits per heavy atom. The predicted molar refractivity (Wildman–Crippen MR) is 214 cm³/mol. The van der Waals surface area contributed by atoms with Crippen molar-refractivity contribution in [1.82, 2.24) is 0 Å². The van der Waals surface area contributed by atoms with Crippen LogP contribution in [-0.4, -0.2) is 7.25 Å². The van der Waals surface area contributed by atoms with Gasteiger partial charge in [0.15, 0.2) is 0 Å². The van der Waals surface area contributed by atoms with E-state index in [0.29, 0.717) is 0 Å². The second-order valence-corrected chi connectivity index (χ2v) is 16.2. The summed E-state index contributed by atoms with van der Waals surface area (Å²) in [5.41, 5.74) is 2.70. The van der Waals surface area contributed by atoms with Crippen LogP contribution in [0.25, 0.3) is 32.7 Å². The fourth-order valence-electron chi connectivity index (χ4n) is 6.58. The molecule has 0 spiro atoms. The summed E-state index contributed by atoms with van der Waals surface area (Å²) < 4.78 is 39.0.